The molecular formula is C10H13ClN2OS. The molecular weight excluding hydrogens is 232 g/mol. The van der Waals surface area contributed by atoms with Crippen LogP contribution >= 0.6 is 22.9 Å². The molecule has 0 bridgehead atoms. The highest BCUT2D eigenvalue weighted by molar-refractivity contribution is 7.14. The van der Waals surface area contributed by atoms with Gasteiger partial charge in [0.1, 0.15) is 5.15 Å². The molecule has 1 saturated heterocycles. The third kappa shape index (κ3) is 2.32. The summed E-state index contributed by atoms with van der Waals surface area (Å²) in [6, 6.07) is 0.000895. The molecule has 82 valence electrons. The molecule has 3 nitrogen and oxygen atoms in total. The molecule has 1 aromatic heterocycles. The van der Waals surface area contributed by atoms with Crippen LogP contribution in [0, 0.1) is 0 Å². The van der Waals surface area contributed by atoms with E-state index in [2.05, 4.69) is 9.88 Å². The van der Waals surface area contributed by atoms with Crippen LogP contribution in [0.3, 0.4) is 0 Å². The number of carbonyl (C=O) groups is 1. The van der Waals surface area contributed by atoms with Gasteiger partial charge in [-0.1, -0.05) is 11.6 Å². The van der Waals surface area contributed by atoms with Gasteiger partial charge in [0.25, 0.3) is 0 Å². The summed E-state index contributed by atoms with van der Waals surface area (Å²) in [7, 11) is 0. The van der Waals surface area contributed by atoms with E-state index in [1.165, 1.54) is 11.3 Å². The molecule has 1 fully saturated rings. The molecule has 1 aliphatic heterocycles. The van der Waals surface area contributed by atoms with Gasteiger partial charge in [-0.3, -0.25) is 4.79 Å². The summed E-state index contributed by atoms with van der Waals surface area (Å²) in [5.74, 6) is 0.223. The summed E-state index contributed by atoms with van der Waals surface area (Å²) >= 11 is 7.30. The van der Waals surface area contributed by atoms with E-state index in [0.29, 0.717) is 5.15 Å². The number of piperidine rings is 1. The van der Waals surface area contributed by atoms with E-state index in [1.54, 1.807) is 6.92 Å². The Morgan fingerprint density at radius 2 is 2.47 bits per heavy atom. The largest absolute Gasteiger partial charge is 0.338 e. The highest BCUT2D eigenvalue weighted by Crippen LogP contribution is 2.29. The van der Waals surface area contributed by atoms with E-state index in [9.17, 15) is 4.79 Å². The van der Waals surface area contributed by atoms with Crippen LogP contribution < -0.4 is 4.90 Å². The fourth-order valence-electron chi connectivity index (χ4n) is 1.96. The zero-order valence-corrected chi connectivity index (χ0v) is 10.1. The van der Waals surface area contributed by atoms with Crippen molar-refractivity contribution in [2.24, 2.45) is 0 Å². The zero-order valence-electron chi connectivity index (χ0n) is 8.57. The normalized spacial score (nSPS) is 21.7. The lowest BCUT2D eigenvalue weighted by atomic mass is 10.00. The van der Waals surface area contributed by atoms with Crippen LogP contribution in [0.4, 0.5) is 5.13 Å². The number of ketones is 1. The van der Waals surface area contributed by atoms with Gasteiger partial charge >= 0.3 is 0 Å². The molecule has 0 amide bonds. The van der Waals surface area contributed by atoms with Crippen LogP contribution in [0.5, 0.6) is 0 Å². The van der Waals surface area contributed by atoms with Gasteiger partial charge in [-0.2, -0.15) is 0 Å². The number of thiazole rings is 1. The Balaban J connectivity index is 2.21. The maximum absolute atomic E-state index is 11.5. The number of rotatable bonds is 2. The van der Waals surface area contributed by atoms with Crippen molar-refractivity contribution < 1.29 is 4.79 Å². The Bertz CT molecular complexity index is 366. The molecule has 0 radical (unpaired) electrons. The Labute approximate surface area is 98.1 Å². The lowest BCUT2D eigenvalue weighted by Crippen LogP contribution is -2.43. The van der Waals surface area contributed by atoms with Crippen molar-refractivity contribution in [3.05, 3.63) is 10.5 Å². The molecule has 0 spiro atoms. The molecule has 1 aromatic rings. The molecule has 2 heterocycles. The van der Waals surface area contributed by atoms with Crippen molar-refractivity contribution in [3.8, 4) is 0 Å². The van der Waals surface area contributed by atoms with Crippen molar-refractivity contribution in [2.45, 2.75) is 32.2 Å². The Morgan fingerprint density at radius 3 is 3.07 bits per heavy atom. The van der Waals surface area contributed by atoms with Gasteiger partial charge in [0.15, 0.2) is 10.9 Å². The van der Waals surface area contributed by atoms with E-state index in [1.807, 2.05) is 5.38 Å². The molecule has 15 heavy (non-hydrogen) atoms. The predicted octanol–water partition coefficient (Wildman–Crippen LogP) is 2.74. The molecule has 1 unspecified atom stereocenters. The van der Waals surface area contributed by atoms with Crippen LogP contribution in [0.2, 0.25) is 5.15 Å². The second-order valence-corrected chi connectivity index (χ2v) is 4.99. The van der Waals surface area contributed by atoms with Gasteiger partial charge in [0.2, 0.25) is 0 Å². The summed E-state index contributed by atoms with van der Waals surface area (Å²) in [5.41, 5.74) is 0. The zero-order chi connectivity index (χ0) is 10.8. The maximum Gasteiger partial charge on any atom is 0.187 e. The summed E-state index contributed by atoms with van der Waals surface area (Å²) in [5, 5.41) is 3.20. The quantitative estimate of drug-likeness (QED) is 0.802. The molecule has 1 aliphatic rings. The minimum absolute atomic E-state index is 0.000895. The Morgan fingerprint density at radius 1 is 1.67 bits per heavy atom. The van der Waals surface area contributed by atoms with E-state index < -0.39 is 0 Å². The smallest absolute Gasteiger partial charge is 0.187 e. The van der Waals surface area contributed by atoms with Gasteiger partial charge in [-0.25, -0.2) is 4.98 Å². The second-order valence-electron chi connectivity index (χ2n) is 3.77. The number of anilines is 1. The van der Waals surface area contributed by atoms with Gasteiger partial charge in [-0.05, 0) is 26.2 Å². The molecule has 0 saturated carbocycles. The average molecular weight is 245 g/mol. The molecule has 0 aliphatic carbocycles. The first kappa shape index (κ1) is 10.9. The van der Waals surface area contributed by atoms with Crippen LogP contribution in [0.15, 0.2) is 5.38 Å². The SMILES string of the molecule is CC(=O)C1CCCCN1c1nc(Cl)cs1. The third-order valence-electron chi connectivity index (χ3n) is 2.68. The Kier molecular flexibility index (Phi) is 3.26. The first-order valence-electron chi connectivity index (χ1n) is 5.06. The van der Waals surface area contributed by atoms with Crippen LogP contribution in [0.1, 0.15) is 26.2 Å². The number of hydrogen-bond acceptors (Lipinski definition) is 4. The number of carbonyl (C=O) groups excluding carboxylic acids is 1. The van der Waals surface area contributed by atoms with Crippen molar-refractivity contribution in [3.63, 3.8) is 0 Å². The number of nitrogens with zero attached hydrogens (tertiary/aromatic N) is 2. The minimum Gasteiger partial charge on any atom is -0.338 e. The topological polar surface area (TPSA) is 33.2 Å². The molecule has 0 N–H and O–H groups in total. The lowest BCUT2D eigenvalue weighted by Gasteiger charge is -2.33. The molecule has 2 rings (SSSR count). The predicted molar refractivity (Wildman–Crippen MR) is 62.8 cm³/mol. The summed E-state index contributed by atoms with van der Waals surface area (Å²) in [6.45, 7) is 2.56. The van der Waals surface area contributed by atoms with Crippen LogP contribution in [0.25, 0.3) is 0 Å². The first-order chi connectivity index (χ1) is 7.18. The number of halogens is 1. The molecule has 0 aromatic carbocycles. The molecule has 5 heteroatoms. The van der Waals surface area contributed by atoms with Crippen molar-refractivity contribution in [1.29, 1.82) is 0 Å². The monoisotopic (exact) mass is 244 g/mol. The second kappa shape index (κ2) is 4.49. The van der Waals surface area contributed by atoms with Gasteiger partial charge in [0, 0.05) is 11.9 Å². The fourth-order valence-corrected chi connectivity index (χ4v) is 2.98. The highest BCUT2D eigenvalue weighted by atomic mass is 35.5. The lowest BCUT2D eigenvalue weighted by molar-refractivity contribution is -0.118. The molecule has 1 atom stereocenters. The standard InChI is InChI=1S/C10H13ClN2OS/c1-7(14)8-4-2-3-5-13(8)10-12-9(11)6-15-10/h6,8H,2-5H2,1H3. The van der Waals surface area contributed by atoms with E-state index in [4.69, 9.17) is 11.6 Å². The summed E-state index contributed by atoms with van der Waals surface area (Å²) in [6.07, 6.45) is 3.19. The van der Waals surface area contributed by atoms with E-state index in [0.717, 1.165) is 30.9 Å². The summed E-state index contributed by atoms with van der Waals surface area (Å²) < 4.78 is 0. The number of aromatic nitrogens is 1. The van der Waals surface area contributed by atoms with E-state index in [-0.39, 0.29) is 11.8 Å². The Hall–Kier alpha value is -0.610. The number of hydrogen-bond donors (Lipinski definition) is 0. The van der Waals surface area contributed by atoms with E-state index >= 15 is 0 Å². The van der Waals surface area contributed by atoms with Gasteiger partial charge in [-0.15, -0.1) is 11.3 Å². The minimum atomic E-state index is 0.000895. The average Bonchev–Trinajstić information content (AvgIpc) is 2.65. The van der Waals surface area contributed by atoms with Gasteiger partial charge in [0.05, 0.1) is 6.04 Å². The third-order valence-corrected chi connectivity index (χ3v) is 3.88. The van der Waals surface area contributed by atoms with Crippen LogP contribution in [-0.4, -0.2) is 23.4 Å². The fraction of sp³-hybridized carbons (Fsp3) is 0.600. The van der Waals surface area contributed by atoms with Crippen molar-refractivity contribution >= 4 is 33.9 Å². The van der Waals surface area contributed by atoms with Gasteiger partial charge < -0.3 is 4.90 Å². The van der Waals surface area contributed by atoms with Crippen molar-refractivity contribution in [1.82, 2.24) is 4.98 Å². The van der Waals surface area contributed by atoms with Crippen molar-refractivity contribution in [2.75, 3.05) is 11.4 Å². The van der Waals surface area contributed by atoms with Crippen LogP contribution in [-0.2, 0) is 4.79 Å². The maximum atomic E-state index is 11.5. The summed E-state index contributed by atoms with van der Waals surface area (Å²) in [4.78, 5) is 17.8. The number of Topliss-reactive ketones (excluding diaryl/α,β-unsaturated/α-hetero) is 1. The first-order valence-corrected chi connectivity index (χ1v) is 6.32. The highest BCUT2D eigenvalue weighted by Gasteiger charge is 2.27.